The lowest BCUT2D eigenvalue weighted by molar-refractivity contribution is 0.0837. The zero-order chi connectivity index (χ0) is 24.4. The highest BCUT2D eigenvalue weighted by atomic mass is 16.5. The van der Waals surface area contributed by atoms with Crippen LogP contribution in [0.2, 0.25) is 0 Å². The third-order valence-electron chi connectivity index (χ3n) is 6.88. The molecule has 0 saturated carbocycles. The van der Waals surface area contributed by atoms with Crippen molar-refractivity contribution in [1.29, 1.82) is 5.26 Å². The van der Waals surface area contributed by atoms with Crippen LogP contribution in [0.3, 0.4) is 0 Å². The van der Waals surface area contributed by atoms with Crippen molar-refractivity contribution >= 4 is 0 Å². The molecule has 1 aliphatic carbocycles. The van der Waals surface area contributed by atoms with E-state index in [1.165, 1.54) is 11.1 Å². The molecule has 35 heavy (non-hydrogen) atoms. The standard InChI is InChI=1S/C27H31N5O3/c1-18(2)34-25-9-6-19(16-20(25)17-28)27-29-26(30-35-27)23-5-3-4-22-21(23)7-8-24(22)32-12-10-31(11-13-32)14-15-33/h3-6,9,16,18,24,33H,7-8,10-15H2,1-2H3. The maximum atomic E-state index is 9.55. The van der Waals surface area contributed by atoms with Gasteiger partial charge in [-0.3, -0.25) is 9.80 Å². The molecule has 3 aromatic rings. The zero-order valence-corrected chi connectivity index (χ0v) is 20.3. The van der Waals surface area contributed by atoms with Crippen LogP contribution in [-0.2, 0) is 6.42 Å². The zero-order valence-electron chi connectivity index (χ0n) is 20.3. The second-order valence-corrected chi connectivity index (χ2v) is 9.44. The third-order valence-corrected chi connectivity index (χ3v) is 6.88. The number of nitriles is 1. The molecule has 2 aromatic carbocycles. The molecule has 1 saturated heterocycles. The van der Waals surface area contributed by atoms with Crippen molar-refractivity contribution in [3.05, 3.63) is 53.1 Å². The van der Waals surface area contributed by atoms with Crippen LogP contribution in [-0.4, -0.2) is 70.5 Å². The summed E-state index contributed by atoms with van der Waals surface area (Å²) in [5.74, 6) is 1.51. The van der Waals surface area contributed by atoms with Gasteiger partial charge in [-0.1, -0.05) is 23.4 Å². The molecular formula is C27H31N5O3. The number of hydrogen-bond donors (Lipinski definition) is 1. The predicted molar refractivity (Wildman–Crippen MR) is 132 cm³/mol. The maximum absolute atomic E-state index is 9.55. The van der Waals surface area contributed by atoms with Crippen molar-refractivity contribution < 1.29 is 14.4 Å². The van der Waals surface area contributed by atoms with Crippen LogP contribution in [0.4, 0.5) is 0 Å². The molecule has 182 valence electrons. The molecule has 0 amide bonds. The van der Waals surface area contributed by atoms with Crippen molar-refractivity contribution in [3.63, 3.8) is 0 Å². The van der Waals surface area contributed by atoms with Crippen LogP contribution in [0, 0.1) is 11.3 Å². The summed E-state index contributed by atoms with van der Waals surface area (Å²) < 4.78 is 11.3. The lowest BCUT2D eigenvalue weighted by Gasteiger charge is -2.38. The van der Waals surface area contributed by atoms with Gasteiger partial charge in [0, 0.05) is 49.9 Å². The number of fused-ring (bicyclic) bond motifs is 1. The number of ether oxygens (including phenoxy) is 1. The fourth-order valence-electron chi connectivity index (χ4n) is 5.22. The quantitative estimate of drug-likeness (QED) is 0.555. The van der Waals surface area contributed by atoms with Gasteiger partial charge in [0.05, 0.1) is 18.3 Å². The van der Waals surface area contributed by atoms with E-state index in [2.05, 4.69) is 39.2 Å². The average Bonchev–Trinajstić information content (AvgIpc) is 3.52. The molecule has 0 bridgehead atoms. The highest BCUT2D eigenvalue weighted by Crippen LogP contribution is 2.40. The number of hydrogen-bond acceptors (Lipinski definition) is 8. The van der Waals surface area contributed by atoms with Gasteiger partial charge in [0.1, 0.15) is 11.8 Å². The Morgan fingerprint density at radius 1 is 1.20 bits per heavy atom. The van der Waals surface area contributed by atoms with E-state index in [4.69, 9.17) is 14.2 Å². The van der Waals surface area contributed by atoms with Crippen molar-refractivity contribution in [2.45, 2.75) is 38.8 Å². The summed E-state index contributed by atoms with van der Waals surface area (Å²) in [6, 6.07) is 14.3. The number of nitrogens with zero attached hydrogens (tertiary/aromatic N) is 5. The van der Waals surface area contributed by atoms with Gasteiger partial charge in [0.25, 0.3) is 5.89 Å². The number of benzene rings is 2. The molecule has 1 aromatic heterocycles. The number of β-amino-alcohol motifs (C(OH)–C–C–N with tert-alkyl or cyclic N) is 1. The van der Waals surface area contributed by atoms with Crippen LogP contribution in [0.15, 0.2) is 40.9 Å². The summed E-state index contributed by atoms with van der Waals surface area (Å²) in [7, 11) is 0. The Bertz CT molecular complexity index is 1220. The Balaban J connectivity index is 1.37. The minimum Gasteiger partial charge on any atom is -0.490 e. The first-order chi connectivity index (χ1) is 17.1. The smallest absolute Gasteiger partial charge is 0.258 e. The van der Waals surface area contributed by atoms with Crippen molar-refractivity contribution in [3.8, 4) is 34.7 Å². The Kier molecular flexibility index (Phi) is 6.82. The van der Waals surface area contributed by atoms with Gasteiger partial charge in [-0.15, -0.1) is 0 Å². The number of rotatable bonds is 7. The van der Waals surface area contributed by atoms with Crippen LogP contribution < -0.4 is 4.74 Å². The molecule has 1 atom stereocenters. The largest absolute Gasteiger partial charge is 0.490 e. The summed E-state index contributed by atoms with van der Waals surface area (Å²) >= 11 is 0. The number of aromatic nitrogens is 2. The van der Waals surface area contributed by atoms with Gasteiger partial charge in [-0.2, -0.15) is 10.2 Å². The highest BCUT2D eigenvalue weighted by molar-refractivity contribution is 5.67. The Hall–Kier alpha value is -3.25. The van der Waals surface area contributed by atoms with Gasteiger partial charge in [-0.05, 0) is 56.0 Å². The van der Waals surface area contributed by atoms with Crippen LogP contribution in [0.25, 0.3) is 22.8 Å². The molecule has 8 heteroatoms. The summed E-state index contributed by atoms with van der Waals surface area (Å²) in [5.41, 5.74) is 4.80. The first-order valence-electron chi connectivity index (χ1n) is 12.3. The molecule has 1 unspecified atom stereocenters. The van der Waals surface area contributed by atoms with Gasteiger partial charge >= 0.3 is 0 Å². The first kappa shape index (κ1) is 23.5. The molecule has 1 fully saturated rings. The third kappa shape index (κ3) is 4.80. The van der Waals surface area contributed by atoms with Gasteiger partial charge < -0.3 is 14.4 Å². The number of piperazine rings is 1. The van der Waals surface area contributed by atoms with E-state index in [-0.39, 0.29) is 12.7 Å². The van der Waals surface area contributed by atoms with E-state index in [0.29, 0.717) is 34.6 Å². The maximum Gasteiger partial charge on any atom is 0.258 e. The molecule has 0 spiro atoms. The molecule has 5 rings (SSSR count). The summed E-state index contributed by atoms with van der Waals surface area (Å²) in [6.07, 6.45) is 2.05. The average molecular weight is 474 g/mol. The fraction of sp³-hybridized carbons (Fsp3) is 0.444. The molecular weight excluding hydrogens is 442 g/mol. The molecule has 2 heterocycles. The summed E-state index contributed by atoms with van der Waals surface area (Å²) in [6.45, 7) is 8.84. The Labute approximate surface area is 205 Å². The van der Waals surface area contributed by atoms with Gasteiger partial charge in [-0.25, -0.2) is 0 Å². The highest BCUT2D eigenvalue weighted by Gasteiger charge is 2.32. The first-order valence-corrected chi connectivity index (χ1v) is 12.3. The van der Waals surface area contributed by atoms with Crippen LogP contribution >= 0.6 is 0 Å². The van der Waals surface area contributed by atoms with Crippen molar-refractivity contribution in [2.75, 3.05) is 39.3 Å². The number of aliphatic hydroxyl groups is 1. The van der Waals surface area contributed by atoms with E-state index < -0.39 is 0 Å². The van der Waals surface area contributed by atoms with E-state index in [1.54, 1.807) is 12.1 Å². The summed E-state index contributed by atoms with van der Waals surface area (Å²) in [4.78, 5) is 9.58. The topological polar surface area (TPSA) is 98.7 Å². The lowest BCUT2D eigenvalue weighted by Crippen LogP contribution is -2.47. The van der Waals surface area contributed by atoms with E-state index >= 15 is 0 Å². The van der Waals surface area contributed by atoms with Gasteiger partial charge in [0.15, 0.2) is 0 Å². The molecule has 0 radical (unpaired) electrons. The minimum atomic E-state index is -0.0172. The SMILES string of the molecule is CC(C)Oc1ccc(-c2nc(-c3cccc4c3CCC4N3CCN(CCO)CC3)no2)cc1C#N. The van der Waals surface area contributed by atoms with Crippen molar-refractivity contribution in [1.82, 2.24) is 19.9 Å². The predicted octanol–water partition coefficient (Wildman–Crippen LogP) is 3.66. The van der Waals surface area contributed by atoms with Crippen molar-refractivity contribution in [2.24, 2.45) is 0 Å². The second kappa shape index (κ2) is 10.2. The normalized spacial score (nSPS) is 18.5. The minimum absolute atomic E-state index is 0.0172. The molecule has 1 aliphatic heterocycles. The molecule has 8 nitrogen and oxygen atoms in total. The van der Waals surface area contributed by atoms with E-state index in [1.807, 2.05) is 19.9 Å². The van der Waals surface area contributed by atoms with E-state index in [9.17, 15) is 10.4 Å². The summed E-state index contributed by atoms with van der Waals surface area (Å²) in [5, 5.41) is 23.1. The fourth-order valence-corrected chi connectivity index (χ4v) is 5.22. The van der Waals surface area contributed by atoms with E-state index in [0.717, 1.165) is 51.1 Å². The molecule has 1 N–H and O–H groups in total. The monoisotopic (exact) mass is 473 g/mol. The van der Waals surface area contributed by atoms with Crippen LogP contribution in [0.5, 0.6) is 5.75 Å². The number of aliphatic hydroxyl groups excluding tert-OH is 1. The Morgan fingerprint density at radius 2 is 2.03 bits per heavy atom. The Morgan fingerprint density at radius 3 is 2.77 bits per heavy atom. The molecule has 2 aliphatic rings. The second-order valence-electron chi connectivity index (χ2n) is 9.44. The lowest BCUT2D eigenvalue weighted by atomic mass is 10.0. The van der Waals surface area contributed by atoms with Crippen LogP contribution in [0.1, 0.15) is 43.0 Å². The van der Waals surface area contributed by atoms with Gasteiger partial charge in [0.2, 0.25) is 5.82 Å².